The molecule has 0 atom stereocenters. The van der Waals surface area contributed by atoms with Crippen LogP contribution >= 0.6 is 46.4 Å². The Morgan fingerprint density at radius 1 is 0.500 bits per heavy atom. The van der Waals surface area contributed by atoms with E-state index < -0.39 is 0 Å². The standard InChI is InChI=1S/C20H10Cl4/c21-17-15-10-14(11-6-2-1-3-7-11)12-8-4-5-9-13(12)16(15)18(22)20(24)19(17)23/h1-10H. The van der Waals surface area contributed by atoms with Crippen molar-refractivity contribution >= 4 is 67.9 Å². The first-order valence-electron chi connectivity index (χ1n) is 7.32. The Morgan fingerprint density at radius 3 is 1.79 bits per heavy atom. The Labute approximate surface area is 159 Å². The van der Waals surface area contributed by atoms with Crippen LogP contribution < -0.4 is 0 Å². The lowest BCUT2D eigenvalue weighted by atomic mass is 9.93. The molecule has 4 rings (SSSR count). The van der Waals surface area contributed by atoms with E-state index in [0.717, 1.165) is 32.7 Å². The maximum Gasteiger partial charge on any atom is 0.0800 e. The first kappa shape index (κ1) is 16.1. The fourth-order valence-corrected chi connectivity index (χ4v) is 4.09. The van der Waals surface area contributed by atoms with Gasteiger partial charge < -0.3 is 0 Å². The molecule has 4 aromatic rings. The molecule has 0 fully saturated rings. The van der Waals surface area contributed by atoms with Gasteiger partial charge in [0, 0.05) is 10.8 Å². The highest BCUT2D eigenvalue weighted by molar-refractivity contribution is 6.56. The van der Waals surface area contributed by atoms with Gasteiger partial charge in [0.2, 0.25) is 0 Å². The fourth-order valence-electron chi connectivity index (χ4n) is 3.06. The van der Waals surface area contributed by atoms with E-state index in [0.29, 0.717) is 10.0 Å². The largest absolute Gasteiger partial charge is 0.0820 e. The summed E-state index contributed by atoms with van der Waals surface area (Å²) in [5, 5.41) is 5.13. The molecule has 0 saturated heterocycles. The van der Waals surface area contributed by atoms with Gasteiger partial charge in [0.25, 0.3) is 0 Å². The SMILES string of the molecule is Clc1c(Cl)c(Cl)c2c(cc(-c3ccccc3)c3ccccc32)c1Cl. The van der Waals surface area contributed by atoms with Crippen LogP contribution in [0, 0.1) is 0 Å². The third kappa shape index (κ3) is 2.37. The van der Waals surface area contributed by atoms with Crippen LogP contribution in [0.15, 0.2) is 60.7 Å². The van der Waals surface area contributed by atoms with Gasteiger partial charge in [-0.2, -0.15) is 0 Å². The van der Waals surface area contributed by atoms with Gasteiger partial charge in [0.1, 0.15) is 0 Å². The molecule has 0 spiro atoms. The van der Waals surface area contributed by atoms with Crippen LogP contribution in [0.4, 0.5) is 0 Å². The molecule has 118 valence electrons. The molecule has 0 aliphatic rings. The number of hydrogen-bond acceptors (Lipinski definition) is 0. The van der Waals surface area contributed by atoms with E-state index in [1.54, 1.807) is 0 Å². The van der Waals surface area contributed by atoms with Gasteiger partial charge in [0.05, 0.1) is 20.1 Å². The fraction of sp³-hybridized carbons (Fsp3) is 0. The molecule has 0 aromatic heterocycles. The van der Waals surface area contributed by atoms with Crippen molar-refractivity contribution in [2.45, 2.75) is 0 Å². The van der Waals surface area contributed by atoms with Crippen molar-refractivity contribution in [3.63, 3.8) is 0 Å². The van der Waals surface area contributed by atoms with E-state index >= 15 is 0 Å². The molecular weight excluding hydrogens is 382 g/mol. The Kier molecular flexibility index (Phi) is 4.10. The van der Waals surface area contributed by atoms with E-state index in [1.165, 1.54) is 0 Å². The van der Waals surface area contributed by atoms with Gasteiger partial charge in [0.15, 0.2) is 0 Å². The molecule has 24 heavy (non-hydrogen) atoms. The Hall–Kier alpha value is -1.44. The monoisotopic (exact) mass is 390 g/mol. The van der Waals surface area contributed by atoms with Crippen molar-refractivity contribution < 1.29 is 0 Å². The Morgan fingerprint density at radius 2 is 1.08 bits per heavy atom. The van der Waals surface area contributed by atoms with E-state index in [1.807, 2.05) is 42.5 Å². The van der Waals surface area contributed by atoms with Crippen molar-refractivity contribution in [3.8, 4) is 11.1 Å². The first-order valence-corrected chi connectivity index (χ1v) is 8.83. The van der Waals surface area contributed by atoms with E-state index in [4.69, 9.17) is 46.4 Å². The maximum absolute atomic E-state index is 6.51. The van der Waals surface area contributed by atoms with Crippen molar-refractivity contribution in [1.82, 2.24) is 0 Å². The summed E-state index contributed by atoms with van der Waals surface area (Å²) in [5.74, 6) is 0. The van der Waals surface area contributed by atoms with E-state index in [9.17, 15) is 0 Å². The van der Waals surface area contributed by atoms with Crippen molar-refractivity contribution in [1.29, 1.82) is 0 Å². The minimum Gasteiger partial charge on any atom is -0.0820 e. The third-order valence-electron chi connectivity index (χ3n) is 4.16. The lowest BCUT2D eigenvalue weighted by Gasteiger charge is -2.15. The van der Waals surface area contributed by atoms with E-state index in [-0.39, 0.29) is 10.0 Å². The minimum absolute atomic E-state index is 0.283. The summed E-state index contributed by atoms with van der Waals surface area (Å²) in [5.41, 5.74) is 2.18. The van der Waals surface area contributed by atoms with Crippen LogP contribution in [0.2, 0.25) is 20.1 Å². The topological polar surface area (TPSA) is 0 Å². The molecule has 0 heterocycles. The maximum atomic E-state index is 6.51. The number of halogens is 4. The molecule has 0 N–H and O–H groups in total. The highest BCUT2D eigenvalue weighted by Gasteiger charge is 2.18. The quantitative estimate of drug-likeness (QED) is 0.174. The zero-order valence-electron chi connectivity index (χ0n) is 12.3. The second-order valence-electron chi connectivity index (χ2n) is 5.51. The predicted molar refractivity (Wildman–Crippen MR) is 107 cm³/mol. The summed E-state index contributed by atoms with van der Waals surface area (Å²) in [6, 6.07) is 20.3. The second kappa shape index (κ2) is 6.13. The molecule has 0 unspecified atom stereocenters. The summed E-state index contributed by atoms with van der Waals surface area (Å²) in [6.07, 6.45) is 0. The van der Waals surface area contributed by atoms with Gasteiger partial charge in [-0.05, 0) is 28.0 Å². The van der Waals surface area contributed by atoms with Gasteiger partial charge in [-0.15, -0.1) is 0 Å². The molecule has 0 nitrogen and oxygen atoms in total. The van der Waals surface area contributed by atoms with Crippen LogP contribution in [0.1, 0.15) is 0 Å². The minimum atomic E-state index is 0.283. The lowest BCUT2D eigenvalue weighted by Crippen LogP contribution is -1.88. The zero-order valence-corrected chi connectivity index (χ0v) is 15.3. The average molecular weight is 392 g/mol. The number of rotatable bonds is 1. The second-order valence-corrected chi connectivity index (χ2v) is 7.03. The van der Waals surface area contributed by atoms with Gasteiger partial charge >= 0.3 is 0 Å². The van der Waals surface area contributed by atoms with Gasteiger partial charge in [-0.25, -0.2) is 0 Å². The summed E-state index contributed by atoms with van der Waals surface area (Å²) in [4.78, 5) is 0. The molecule has 0 saturated carbocycles. The smallest absolute Gasteiger partial charge is 0.0800 e. The normalized spacial score (nSPS) is 11.3. The Bertz CT molecular complexity index is 1090. The van der Waals surface area contributed by atoms with E-state index in [2.05, 4.69) is 18.2 Å². The number of hydrogen-bond donors (Lipinski definition) is 0. The van der Waals surface area contributed by atoms with Crippen molar-refractivity contribution in [2.75, 3.05) is 0 Å². The highest BCUT2D eigenvalue weighted by atomic mass is 35.5. The zero-order chi connectivity index (χ0) is 16.8. The van der Waals surface area contributed by atoms with Crippen molar-refractivity contribution in [3.05, 3.63) is 80.8 Å². The molecular formula is C20H10Cl4. The van der Waals surface area contributed by atoms with Crippen LogP contribution in [-0.2, 0) is 0 Å². The summed E-state index contributed by atoms with van der Waals surface area (Å²) in [6.45, 7) is 0. The predicted octanol–water partition coefficient (Wildman–Crippen LogP) is 8.27. The lowest BCUT2D eigenvalue weighted by molar-refractivity contribution is 1.66. The summed E-state index contributed by atoms with van der Waals surface area (Å²) in [7, 11) is 0. The van der Waals surface area contributed by atoms with Crippen LogP contribution in [0.3, 0.4) is 0 Å². The molecule has 0 aliphatic heterocycles. The van der Waals surface area contributed by atoms with Gasteiger partial charge in [-0.1, -0.05) is 101 Å². The first-order chi connectivity index (χ1) is 11.6. The third-order valence-corrected chi connectivity index (χ3v) is 5.98. The van der Waals surface area contributed by atoms with Gasteiger partial charge in [-0.3, -0.25) is 0 Å². The molecule has 0 aliphatic carbocycles. The summed E-state index contributed by atoms with van der Waals surface area (Å²) >= 11 is 25.5. The summed E-state index contributed by atoms with van der Waals surface area (Å²) < 4.78 is 0. The molecule has 4 aromatic carbocycles. The number of fused-ring (bicyclic) bond motifs is 3. The molecule has 0 bridgehead atoms. The molecule has 4 heteroatoms. The molecule has 0 amide bonds. The highest BCUT2D eigenvalue weighted by Crippen LogP contribution is 2.47. The Balaban J connectivity index is 2.27. The van der Waals surface area contributed by atoms with Crippen LogP contribution in [-0.4, -0.2) is 0 Å². The van der Waals surface area contributed by atoms with Crippen LogP contribution in [0.25, 0.3) is 32.7 Å². The van der Waals surface area contributed by atoms with Crippen LogP contribution in [0.5, 0.6) is 0 Å². The molecule has 0 radical (unpaired) electrons. The van der Waals surface area contributed by atoms with Crippen molar-refractivity contribution in [2.24, 2.45) is 0 Å². The average Bonchev–Trinajstić information content (AvgIpc) is 2.64. The number of benzene rings is 4.